The third kappa shape index (κ3) is 4.51. The van der Waals surface area contributed by atoms with Crippen LogP contribution in [0.2, 0.25) is 0 Å². The Hall–Kier alpha value is -3.72. The molecule has 0 atom stereocenters. The Morgan fingerprint density at radius 3 is 2.39 bits per heavy atom. The normalized spacial score (nSPS) is 11.4. The van der Waals surface area contributed by atoms with Gasteiger partial charge in [-0.1, -0.05) is 18.2 Å². The SMILES string of the molecule is O=C(O)/C=C\C(=O)Nc1ccc(S(=O)(=O)Nc2cccc3cccnc23)cc1. The van der Waals surface area contributed by atoms with Gasteiger partial charge in [0.25, 0.3) is 10.0 Å². The quantitative estimate of drug-likeness (QED) is 0.549. The molecule has 0 aliphatic rings. The van der Waals surface area contributed by atoms with Gasteiger partial charge in [0.2, 0.25) is 5.91 Å². The Bertz CT molecular complexity index is 1170. The average Bonchev–Trinajstić information content (AvgIpc) is 2.67. The smallest absolute Gasteiger partial charge is 0.328 e. The summed E-state index contributed by atoms with van der Waals surface area (Å²) in [6.45, 7) is 0. The van der Waals surface area contributed by atoms with Crippen LogP contribution in [0.4, 0.5) is 11.4 Å². The highest BCUT2D eigenvalue weighted by atomic mass is 32.2. The van der Waals surface area contributed by atoms with Crippen molar-refractivity contribution in [1.29, 1.82) is 0 Å². The fourth-order valence-corrected chi connectivity index (χ4v) is 3.51. The van der Waals surface area contributed by atoms with E-state index in [2.05, 4.69) is 15.0 Å². The number of hydrogen-bond donors (Lipinski definition) is 3. The summed E-state index contributed by atoms with van der Waals surface area (Å²) in [6.07, 6.45) is 3.15. The molecule has 0 fully saturated rings. The van der Waals surface area contributed by atoms with Crippen LogP contribution in [-0.4, -0.2) is 30.4 Å². The highest BCUT2D eigenvalue weighted by Gasteiger charge is 2.16. The molecule has 1 aromatic heterocycles. The lowest BCUT2D eigenvalue weighted by Crippen LogP contribution is -2.14. The first-order valence-electron chi connectivity index (χ1n) is 8.04. The van der Waals surface area contributed by atoms with Crippen LogP contribution in [0.15, 0.2) is 77.8 Å². The minimum absolute atomic E-state index is 0.000453. The van der Waals surface area contributed by atoms with Crippen LogP contribution >= 0.6 is 0 Å². The van der Waals surface area contributed by atoms with Gasteiger partial charge in [-0.3, -0.25) is 14.5 Å². The second-order valence-corrected chi connectivity index (χ2v) is 7.35. The number of carbonyl (C=O) groups excluding carboxylic acids is 1. The van der Waals surface area contributed by atoms with Crippen molar-refractivity contribution in [2.75, 3.05) is 10.0 Å². The van der Waals surface area contributed by atoms with E-state index in [-0.39, 0.29) is 4.90 Å². The van der Waals surface area contributed by atoms with E-state index in [1.807, 2.05) is 12.1 Å². The maximum atomic E-state index is 12.7. The zero-order chi connectivity index (χ0) is 20.1. The molecule has 3 N–H and O–H groups in total. The van der Waals surface area contributed by atoms with Gasteiger partial charge in [-0.2, -0.15) is 0 Å². The van der Waals surface area contributed by atoms with E-state index in [0.29, 0.717) is 23.0 Å². The molecule has 0 aliphatic carbocycles. The molecule has 1 heterocycles. The maximum absolute atomic E-state index is 12.7. The summed E-state index contributed by atoms with van der Waals surface area (Å²) in [7, 11) is -3.87. The van der Waals surface area contributed by atoms with Crippen LogP contribution in [0.1, 0.15) is 0 Å². The van der Waals surface area contributed by atoms with Crippen molar-refractivity contribution < 1.29 is 23.1 Å². The van der Waals surface area contributed by atoms with Crippen molar-refractivity contribution in [1.82, 2.24) is 4.98 Å². The number of sulfonamides is 1. The summed E-state index contributed by atoms with van der Waals surface area (Å²) >= 11 is 0. The largest absolute Gasteiger partial charge is 0.478 e. The van der Waals surface area contributed by atoms with Crippen LogP contribution in [0.5, 0.6) is 0 Å². The Labute approximate surface area is 160 Å². The molecule has 0 radical (unpaired) electrons. The number of rotatable bonds is 6. The van der Waals surface area contributed by atoms with E-state index in [0.717, 1.165) is 11.5 Å². The standard InChI is InChI=1S/C19H15N3O5S/c23-17(10-11-18(24)25)21-14-6-8-15(9-7-14)28(26,27)22-16-5-1-3-13-4-2-12-20-19(13)16/h1-12,22H,(H,21,23)(H,24,25)/b11-10-. The van der Waals surface area contributed by atoms with Crippen molar-refractivity contribution in [3.8, 4) is 0 Å². The van der Waals surface area contributed by atoms with Crippen molar-refractivity contribution in [3.05, 3.63) is 72.9 Å². The molecular formula is C19H15N3O5S. The lowest BCUT2D eigenvalue weighted by molar-refractivity contribution is -0.131. The summed E-state index contributed by atoms with van der Waals surface area (Å²) in [5, 5.41) is 11.7. The molecule has 2 aromatic carbocycles. The monoisotopic (exact) mass is 397 g/mol. The number of benzene rings is 2. The molecule has 3 aromatic rings. The van der Waals surface area contributed by atoms with Crippen LogP contribution in [0.25, 0.3) is 10.9 Å². The number of anilines is 2. The van der Waals surface area contributed by atoms with E-state index in [1.165, 1.54) is 24.3 Å². The number of hydrogen-bond acceptors (Lipinski definition) is 5. The Morgan fingerprint density at radius 1 is 0.964 bits per heavy atom. The lowest BCUT2D eigenvalue weighted by Gasteiger charge is -2.11. The molecule has 9 heteroatoms. The van der Waals surface area contributed by atoms with Gasteiger partial charge in [0.1, 0.15) is 0 Å². The first kappa shape index (κ1) is 19.1. The second kappa shape index (κ2) is 7.89. The highest BCUT2D eigenvalue weighted by molar-refractivity contribution is 7.92. The number of para-hydroxylation sites is 1. The minimum atomic E-state index is -3.87. The molecule has 1 amide bonds. The van der Waals surface area contributed by atoms with Gasteiger partial charge in [-0.15, -0.1) is 0 Å². The Morgan fingerprint density at radius 2 is 1.68 bits per heavy atom. The van der Waals surface area contributed by atoms with Gasteiger partial charge >= 0.3 is 5.97 Å². The first-order chi connectivity index (χ1) is 13.3. The number of nitrogens with zero attached hydrogens (tertiary/aromatic N) is 1. The van der Waals surface area contributed by atoms with Crippen LogP contribution in [0.3, 0.4) is 0 Å². The fourth-order valence-electron chi connectivity index (χ4n) is 2.44. The van der Waals surface area contributed by atoms with E-state index in [4.69, 9.17) is 5.11 Å². The number of carboxylic acids is 1. The van der Waals surface area contributed by atoms with Crippen LogP contribution in [0, 0.1) is 0 Å². The fraction of sp³-hybridized carbons (Fsp3) is 0. The molecule has 0 aliphatic heterocycles. The first-order valence-corrected chi connectivity index (χ1v) is 9.52. The van der Waals surface area contributed by atoms with Gasteiger partial charge in [0.15, 0.2) is 0 Å². The third-order valence-corrected chi connectivity index (χ3v) is 5.07. The third-order valence-electron chi connectivity index (χ3n) is 3.69. The number of aromatic nitrogens is 1. The van der Waals surface area contributed by atoms with Crippen molar-refractivity contribution >= 4 is 44.2 Å². The molecule has 0 saturated heterocycles. The van der Waals surface area contributed by atoms with Crippen molar-refractivity contribution in [2.24, 2.45) is 0 Å². The number of carboxylic acid groups (broad SMARTS) is 1. The van der Waals surface area contributed by atoms with E-state index < -0.39 is 21.9 Å². The average molecular weight is 397 g/mol. The minimum Gasteiger partial charge on any atom is -0.478 e. The summed E-state index contributed by atoms with van der Waals surface area (Å²) in [4.78, 5) is 26.2. The predicted molar refractivity (Wildman–Crippen MR) is 104 cm³/mol. The molecule has 142 valence electrons. The molecular weight excluding hydrogens is 382 g/mol. The number of carbonyl (C=O) groups is 2. The van der Waals surface area contributed by atoms with E-state index >= 15 is 0 Å². The molecule has 0 unspecified atom stereocenters. The van der Waals surface area contributed by atoms with Gasteiger partial charge in [0.05, 0.1) is 16.1 Å². The molecule has 0 bridgehead atoms. The molecule has 0 saturated carbocycles. The molecule has 8 nitrogen and oxygen atoms in total. The van der Waals surface area contributed by atoms with E-state index in [1.54, 1.807) is 24.4 Å². The second-order valence-electron chi connectivity index (χ2n) is 5.67. The van der Waals surface area contributed by atoms with Crippen molar-refractivity contribution in [3.63, 3.8) is 0 Å². The zero-order valence-corrected chi connectivity index (χ0v) is 15.2. The predicted octanol–water partition coefficient (Wildman–Crippen LogP) is 2.61. The number of pyridine rings is 1. The summed E-state index contributed by atoms with van der Waals surface area (Å²) in [5.74, 6) is -1.89. The van der Waals surface area contributed by atoms with Crippen LogP contribution in [-0.2, 0) is 19.6 Å². The number of amides is 1. The summed E-state index contributed by atoms with van der Waals surface area (Å²) < 4.78 is 27.8. The van der Waals surface area contributed by atoms with Crippen molar-refractivity contribution in [2.45, 2.75) is 4.90 Å². The van der Waals surface area contributed by atoms with E-state index in [9.17, 15) is 18.0 Å². The number of nitrogens with one attached hydrogen (secondary N) is 2. The Balaban J connectivity index is 1.79. The molecule has 0 spiro atoms. The molecule has 3 rings (SSSR count). The van der Waals surface area contributed by atoms with Gasteiger partial charge < -0.3 is 10.4 Å². The van der Waals surface area contributed by atoms with Gasteiger partial charge in [-0.05, 0) is 36.4 Å². The topological polar surface area (TPSA) is 125 Å². The van der Waals surface area contributed by atoms with Gasteiger partial charge in [0, 0.05) is 29.4 Å². The summed E-state index contributed by atoms with van der Waals surface area (Å²) in [5.41, 5.74) is 1.21. The number of fused-ring (bicyclic) bond motifs is 1. The summed E-state index contributed by atoms with van der Waals surface area (Å²) in [6, 6.07) is 14.2. The Kier molecular flexibility index (Phi) is 5.37. The maximum Gasteiger partial charge on any atom is 0.328 e. The van der Waals surface area contributed by atoms with Gasteiger partial charge in [-0.25, -0.2) is 13.2 Å². The van der Waals surface area contributed by atoms with Crippen LogP contribution < -0.4 is 10.0 Å². The zero-order valence-electron chi connectivity index (χ0n) is 14.4. The molecule has 28 heavy (non-hydrogen) atoms. The lowest BCUT2D eigenvalue weighted by atomic mass is 10.2. The highest BCUT2D eigenvalue weighted by Crippen LogP contribution is 2.24. The number of aliphatic carboxylic acids is 1.